The van der Waals surface area contributed by atoms with Crippen LogP contribution in [-0.4, -0.2) is 24.2 Å². The third kappa shape index (κ3) is 5.46. The normalized spacial score (nSPS) is 9.75. The Morgan fingerprint density at radius 1 is 1.35 bits per heavy atom. The lowest BCUT2D eigenvalue weighted by Crippen LogP contribution is -2.25. The highest BCUT2D eigenvalue weighted by Gasteiger charge is 2.09. The van der Waals surface area contributed by atoms with Crippen LogP contribution in [0.3, 0.4) is 0 Å². The second-order valence-corrected chi connectivity index (χ2v) is 4.79. The van der Waals surface area contributed by atoms with E-state index in [0.717, 1.165) is 30.4 Å². The average Bonchev–Trinajstić information content (AvgIpc) is 2.44. The first-order chi connectivity index (χ1) is 9.69. The monoisotopic (exact) mass is 273 g/mol. The van der Waals surface area contributed by atoms with Crippen molar-refractivity contribution in [3.63, 3.8) is 0 Å². The molecule has 0 aliphatic carbocycles. The molecule has 3 heteroatoms. The first-order valence-electron chi connectivity index (χ1n) is 7.17. The molecule has 2 N–H and O–H groups in total. The number of aliphatic hydroxyl groups is 1. The molecule has 1 rings (SSSR count). The van der Waals surface area contributed by atoms with Crippen molar-refractivity contribution in [2.45, 2.75) is 39.5 Å². The van der Waals surface area contributed by atoms with Crippen LogP contribution in [-0.2, 0) is 0 Å². The molecule has 0 bridgehead atoms. The number of hydrogen-bond donors (Lipinski definition) is 2. The van der Waals surface area contributed by atoms with E-state index < -0.39 is 0 Å². The average molecular weight is 273 g/mol. The van der Waals surface area contributed by atoms with E-state index >= 15 is 0 Å². The molecule has 1 aromatic rings. The van der Waals surface area contributed by atoms with Gasteiger partial charge in [-0.05, 0) is 31.0 Å². The van der Waals surface area contributed by atoms with Crippen molar-refractivity contribution < 1.29 is 9.90 Å². The van der Waals surface area contributed by atoms with Crippen molar-refractivity contribution in [2.75, 3.05) is 13.2 Å². The van der Waals surface area contributed by atoms with E-state index in [4.69, 9.17) is 5.11 Å². The fourth-order valence-corrected chi connectivity index (χ4v) is 1.85. The molecule has 3 nitrogen and oxygen atoms in total. The summed E-state index contributed by atoms with van der Waals surface area (Å²) >= 11 is 0. The zero-order valence-electron chi connectivity index (χ0n) is 12.3. The second kappa shape index (κ2) is 9.17. The number of aryl methyl sites for hydroxylation is 1. The zero-order chi connectivity index (χ0) is 14.8. The van der Waals surface area contributed by atoms with Crippen molar-refractivity contribution >= 4 is 5.91 Å². The fourth-order valence-electron chi connectivity index (χ4n) is 1.85. The largest absolute Gasteiger partial charge is 0.395 e. The Hall–Kier alpha value is -1.79. The molecule has 1 aromatic carbocycles. The van der Waals surface area contributed by atoms with Crippen LogP contribution in [0.4, 0.5) is 0 Å². The van der Waals surface area contributed by atoms with Crippen molar-refractivity contribution in [1.82, 2.24) is 5.32 Å². The summed E-state index contributed by atoms with van der Waals surface area (Å²) in [5.74, 6) is 5.76. The third-order valence-corrected chi connectivity index (χ3v) is 2.95. The number of amides is 1. The number of carbonyl (C=O) groups is 1. The van der Waals surface area contributed by atoms with E-state index in [-0.39, 0.29) is 12.5 Å². The van der Waals surface area contributed by atoms with Crippen LogP contribution in [0.25, 0.3) is 0 Å². The molecule has 0 saturated heterocycles. The third-order valence-electron chi connectivity index (χ3n) is 2.95. The minimum Gasteiger partial charge on any atom is -0.395 e. The molecular formula is C17H23NO2. The van der Waals surface area contributed by atoms with Crippen molar-refractivity contribution in [2.24, 2.45) is 0 Å². The van der Waals surface area contributed by atoms with Gasteiger partial charge in [-0.25, -0.2) is 0 Å². The standard InChI is InChI=1S/C17H23NO2/c1-3-4-6-11-18-17(20)16-10-9-14(2)13-15(16)8-5-7-12-19/h9-10,13,19H,3-4,6-7,11-12H2,1-2H3,(H,18,20). The molecule has 0 aliphatic rings. The predicted octanol–water partition coefficient (Wildman–Crippen LogP) is 2.65. The number of carbonyl (C=O) groups excluding carboxylic acids is 1. The summed E-state index contributed by atoms with van der Waals surface area (Å²) in [6, 6.07) is 5.64. The van der Waals surface area contributed by atoms with Gasteiger partial charge in [0.15, 0.2) is 0 Å². The first-order valence-corrected chi connectivity index (χ1v) is 7.17. The Morgan fingerprint density at radius 3 is 2.85 bits per heavy atom. The van der Waals surface area contributed by atoms with E-state index in [1.807, 2.05) is 25.1 Å². The smallest absolute Gasteiger partial charge is 0.252 e. The Morgan fingerprint density at radius 2 is 2.15 bits per heavy atom. The molecule has 20 heavy (non-hydrogen) atoms. The number of aliphatic hydroxyl groups excluding tert-OH is 1. The number of nitrogens with one attached hydrogen (secondary N) is 1. The molecule has 0 aromatic heterocycles. The summed E-state index contributed by atoms with van der Waals surface area (Å²) in [6.45, 7) is 4.85. The van der Waals surface area contributed by atoms with Crippen LogP contribution in [0, 0.1) is 18.8 Å². The van der Waals surface area contributed by atoms with Gasteiger partial charge in [0.05, 0.1) is 12.2 Å². The van der Waals surface area contributed by atoms with E-state index in [2.05, 4.69) is 24.1 Å². The molecule has 108 valence electrons. The Labute approximate surface area is 121 Å². The molecule has 1 amide bonds. The minimum absolute atomic E-state index is 0.0391. The van der Waals surface area contributed by atoms with E-state index in [1.54, 1.807) is 0 Å². The van der Waals surface area contributed by atoms with Crippen molar-refractivity contribution in [1.29, 1.82) is 0 Å². The maximum absolute atomic E-state index is 12.1. The van der Waals surface area contributed by atoms with Gasteiger partial charge in [0.1, 0.15) is 0 Å². The molecular weight excluding hydrogens is 250 g/mol. The summed E-state index contributed by atoms with van der Waals surface area (Å²) < 4.78 is 0. The molecule has 0 aliphatic heterocycles. The molecule has 0 spiro atoms. The Bertz CT molecular complexity index is 497. The van der Waals surface area contributed by atoms with Gasteiger partial charge in [-0.3, -0.25) is 4.79 Å². The minimum atomic E-state index is -0.0746. The SMILES string of the molecule is CCCCCNC(=O)c1ccc(C)cc1C#CCCO. The van der Waals surface area contributed by atoms with Crippen molar-refractivity contribution in [3.05, 3.63) is 34.9 Å². The van der Waals surface area contributed by atoms with E-state index in [9.17, 15) is 4.79 Å². The summed E-state index contributed by atoms with van der Waals surface area (Å²) in [6.07, 6.45) is 3.68. The predicted molar refractivity (Wildman–Crippen MR) is 81.6 cm³/mol. The van der Waals surface area contributed by atoms with E-state index in [1.165, 1.54) is 0 Å². The van der Waals surface area contributed by atoms with Gasteiger partial charge in [0.2, 0.25) is 0 Å². The van der Waals surface area contributed by atoms with Gasteiger partial charge in [0, 0.05) is 18.5 Å². The maximum Gasteiger partial charge on any atom is 0.252 e. The van der Waals surface area contributed by atoms with Gasteiger partial charge in [-0.2, -0.15) is 0 Å². The molecule has 0 atom stereocenters. The van der Waals surface area contributed by atoms with Crippen LogP contribution >= 0.6 is 0 Å². The number of hydrogen-bond acceptors (Lipinski definition) is 2. The first kappa shape index (κ1) is 16.3. The second-order valence-electron chi connectivity index (χ2n) is 4.79. The van der Waals surface area contributed by atoms with Crippen LogP contribution in [0.15, 0.2) is 18.2 Å². The lowest BCUT2D eigenvalue weighted by atomic mass is 10.0. The number of benzene rings is 1. The van der Waals surface area contributed by atoms with Crippen LogP contribution in [0.5, 0.6) is 0 Å². The molecule has 0 fully saturated rings. The van der Waals surface area contributed by atoms with Gasteiger partial charge >= 0.3 is 0 Å². The topological polar surface area (TPSA) is 49.3 Å². The van der Waals surface area contributed by atoms with Crippen LogP contribution < -0.4 is 5.32 Å². The molecule has 0 saturated carbocycles. The number of unbranched alkanes of at least 4 members (excludes halogenated alkanes) is 2. The summed E-state index contributed by atoms with van der Waals surface area (Å²) in [7, 11) is 0. The lowest BCUT2D eigenvalue weighted by Gasteiger charge is -2.07. The summed E-state index contributed by atoms with van der Waals surface area (Å²) in [5, 5.41) is 11.7. The number of rotatable bonds is 6. The van der Waals surface area contributed by atoms with Gasteiger partial charge in [-0.1, -0.05) is 37.7 Å². The van der Waals surface area contributed by atoms with E-state index in [0.29, 0.717) is 18.5 Å². The highest BCUT2D eigenvalue weighted by atomic mass is 16.2. The molecule has 0 unspecified atom stereocenters. The quantitative estimate of drug-likeness (QED) is 0.618. The summed E-state index contributed by atoms with van der Waals surface area (Å²) in [4.78, 5) is 12.1. The zero-order valence-corrected chi connectivity index (χ0v) is 12.3. The lowest BCUT2D eigenvalue weighted by molar-refractivity contribution is 0.0952. The van der Waals surface area contributed by atoms with Crippen LogP contribution in [0.2, 0.25) is 0 Å². The van der Waals surface area contributed by atoms with Gasteiger partial charge < -0.3 is 10.4 Å². The van der Waals surface area contributed by atoms with Crippen molar-refractivity contribution in [3.8, 4) is 11.8 Å². The fraction of sp³-hybridized carbons (Fsp3) is 0.471. The Kier molecular flexibility index (Phi) is 7.46. The molecule has 0 radical (unpaired) electrons. The van der Waals surface area contributed by atoms with Gasteiger partial charge in [0.25, 0.3) is 5.91 Å². The van der Waals surface area contributed by atoms with Gasteiger partial charge in [-0.15, -0.1) is 0 Å². The van der Waals surface area contributed by atoms with Crippen LogP contribution in [0.1, 0.15) is 54.1 Å². The highest BCUT2D eigenvalue weighted by Crippen LogP contribution is 2.11. The molecule has 0 heterocycles. The highest BCUT2D eigenvalue weighted by molar-refractivity contribution is 5.96. The summed E-state index contributed by atoms with van der Waals surface area (Å²) in [5.41, 5.74) is 2.41. The Balaban J connectivity index is 2.77. The maximum atomic E-state index is 12.1.